The van der Waals surface area contributed by atoms with Gasteiger partial charge in [0.05, 0.1) is 24.3 Å². The van der Waals surface area contributed by atoms with Crippen LogP contribution in [0.3, 0.4) is 0 Å². The Morgan fingerprint density at radius 3 is 2.42 bits per heavy atom. The van der Waals surface area contributed by atoms with E-state index in [2.05, 4.69) is 86.5 Å². The second-order valence-corrected chi connectivity index (χ2v) is 9.25. The molecular weight excluding hydrogens is 620 g/mol. The average molecular weight is 637 g/mol. The molecule has 1 N–H and O–H groups in total. The standard InChI is InChI=1S/C23H17I2N3O3/c1-14-6-8-15(9-7-14)13-31-21-18(24)10-16(11-19(21)25)12-26-28-22(29)17-4-2-3-5-20(17)27-23(28)30/h2-12H,13H2,1H3,(H,27,30). The van der Waals surface area contributed by atoms with Crippen LogP contribution in [0.4, 0.5) is 0 Å². The molecule has 8 heteroatoms. The lowest BCUT2D eigenvalue weighted by atomic mass is 10.2. The molecular formula is C23H17I2N3O3. The molecule has 0 unspecified atom stereocenters. The largest absolute Gasteiger partial charge is 0.487 e. The van der Waals surface area contributed by atoms with Gasteiger partial charge in [-0.05, 0) is 87.5 Å². The maximum atomic E-state index is 12.6. The second kappa shape index (κ2) is 9.35. The molecule has 0 amide bonds. The van der Waals surface area contributed by atoms with Gasteiger partial charge in [-0.25, -0.2) is 4.79 Å². The van der Waals surface area contributed by atoms with E-state index in [1.54, 1.807) is 24.3 Å². The van der Waals surface area contributed by atoms with Crippen LogP contribution in [-0.2, 0) is 6.61 Å². The van der Waals surface area contributed by atoms with Gasteiger partial charge in [-0.3, -0.25) is 4.79 Å². The van der Waals surface area contributed by atoms with Gasteiger partial charge in [-0.1, -0.05) is 42.0 Å². The highest BCUT2D eigenvalue weighted by Gasteiger charge is 2.10. The van der Waals surface area contributed by atoms with Crippen molar-refractivity contribution in [3.8, 4) is 5.75 Å². The van der Waals surface area contributed by atoms with E-state index in [-0.39, 0.29) is 0 Å². The lowest BCUT2D eigenvalue weighted by molar-refractivity contribution is 0.301. The fourth-order valence-corrected chi connectivity index (χ4v) is 5.14. The Morgan fingerprint density at radius 1 is 1.03 bits per heavy atom. The summed E-state index contributed by atoms with van der Waals surface area (Å²) in [6, 6.07) is 18.9. The van der Waals surface area contributed by atoms with Crippen LogP contribution in [0.15, 0.2) is 75.4 Å². The van der Waals surface area contributed by atoms with Crippen molar-refractivity contribution in [2.75, 3.05) is 0 Å². The number of benzene rings is 3. The Balaban J connectivity index is 1.59. The van der Waals surface area contributed by atoms with Crippen molar-refractivity contribution in [2.24, 2.45) is 5.10 Å². The monoisotopic (exact) mass is 637 g/mol. The molecule has 0 saturated carbocycles. The first kappa shape index (κ1) is 21.8. The van der Waals surface area contributed by atoms with Gasteiger partial charge < -0.3 is 9.72 Å². The number of aromatic nitrogens is 2. The van der Waals surface area contributed by atoms with E-state index in [1.807, 2.05) is 12.1 Å². The summed E-state index contributed by atoms with van der Waals surface area (Å²) in [6.07, 6.45) is 1.50. The van der Waals surface area contributed by atoms with Crippen LogP contribution in [0.2, 0.25) is 0 Å². The van der Waals surface area contributed by atoms with Gasteiger partial charge in [0.25, 0.3) is 5.56 Å². The SMILES string of the molecule is Cc1ccc(COc2c(I)cc(C=Nn3c(=O)[nH]c4ccccc4c3=O)cc2I)cc1. The third-order valence-corrected chi connectivity index (χ3v) is 6.23. The topological polar surface area (TPSA) is 76.5 Å². The Kier molecular flexibility index (Phi) is 6.56. The summed E-state index contributed by atoms with van der Waals surface area (Å²) in [5.74, 6) is 0.791. The van der Waals surface area contributed by atoms with E-state index in [0.717, 1.165) is 28.7 Å². The van der Waals surface area contributed by atoms with E-state index >= 15 is 0 Å². The van der Waals surface area contributed by atoms with Crippen molar-refractivity contribution in [3.63, 3.8) is 0 Å². The van der Waals surface area contributed by atoms with E-state index in [4.69, 9.17) is 4.74 Å². The highest BCUT2D eigenvalue weighted by Crippen LogP contribution is 2.29. The normalized spacial score (nSPS) is 11.3. The number of rotatable bonds is 5. The van der Waals surface area contributed by atoms with E-state index in [9.17, 15) is 9.59 Å². The molecule has 0 radical (unpaired) electrons. The van der Waals surface area contributed by atoms with Crippen LogP contribution in [0, 0.1) is 14.1 Å². The van der Waals surface area contributed by atoms with Crippen LogP contribution in [0.25, 0.3) is 10.9 Å². The number of hydrogen-bond acceptors (Lipinski definition) is 4. The molecule has 4 rings (SSSR count). The fraction of sp³-hybridized carbons (Fsp3) is 0.0870. The minimum absolute atomic E-state index is 0.406. The molecule has 0 atom stereocenters. The van der Waals surface area contributed by atoms with Crippen LogP contribution >= 0.6 is 45.2 Å². The Bertz CT molecular complexity index is 1380. The maximum Gasteiger partial charge on any atom is 0.349 e. The third-order valence-electron chi connectivity index (χ3n) is 4.63. The van der Waals surface area contributed by atoms with Crippen LogP contribution in [0.1, 0.15) is 16.7 Å². The maximum absolute atomic E-state index is 12.6. The predicted molar refractivity (Wildman–Crippen MR) is 139 cm³/mol. The molecule has 6 nitrogen and oxygen atoms in total. The van der Waals surface area contributed by atoms with E-state index in [1.165, 1.54) is 11.8 Å². The first-order chi connectivity index (χ1) is 14.9. The number of ether oxygens (including phenoxy) is 1. The lowest BCUT2D eigenvalue weighted by Crippen LogP contribution is -2.32. The number of nitrogens with one attached hydrogen (secondary N) is 1. The summed E-state index contributed by atoms with van der Waals surface area (Å²) in [6.45, 7) is 2.53. The molecule has 0 aliphatic carbocycles. The van der Waals surface area contributed by atoms with Crippen molar-refractivity contribution in [1.29, 1.82) is 0 Å². The molecule has 31 heavy (non-hydrogen) atoms. The highest BCUT2D eigenvalue weighted by atomic mass is 127. The minimum Gasteiger partial charge on any atom is -0.487 e. The highest BCUT2D eigenvalue weighted by molar-refractivity contribution is 14.1. The zero-order valence-electron chi connectivity index (χ0n) is 16.4. The van der Waals surface area contributed by atoms with Gasteiger partial charge in [0.2, 0.25) is 0 Å². The minimum atomic E-state index is -0.581. The average Bonchev–Trinajstić information content (AvgIpc) is 2.74. The quantitative estimate of drug-likeness (QED) is 0.256. The lowest BCUT2D eigenvalue weighted by Gasteiger charge is -2.11. The molecule has 1 aromatic heterocycles. The van der Waals surface area contributed by atoms with Crippen LogP contribution < -0.4 is 16.0 Å². The summed E-state index contributed by atoms with van der Waals surface area (Å²) in [4.78, 5) is 27.6. The number of nitrogens with zero attached hydrogens (tertiary/aromatic N) is 2. The number of halogens is 2. The van der Waals surface area contributed by atoms with Crippen LogP contribution in [-0.4, -0.2) is 15.9 Å². The Morgan fingerprint density at radius 2 is 1.71 bits per heavy atom. The van der Waals surface area contributed by atoms with Gasteiger partial charge in [-0.15, -0.1) is 4.68 Å². The van der Waals surface area contributed by atoms with Crippen LogP contribution in [0.5, 0.6) is 5.75 Å². The fourth-order valence-electron chi connectivity index (χ4n) is 3.01. The number of fused-ring (bicyclic) bond motifs is 1. The molecule has 4 aromatic rings. The summed E-state index contributed by atoms with van der Waals surface area (Å²) in [5.41, 5.74) is 2.51. The van der Waals surface area contributed by atoms with Gasteiger partial charge in [-0.2, -0.15) is 5.10 Å². The number of para-hydroxylation sites is 1. The third kappa shape index (κ3) is 4.90. The van der Waals surface area contributed by atoms with Gasteiger partial charge in [0.15, 0.2) is 0 Å². The molecule has 0 aliphatic rings. The van der Waals surface area contributed by atoms with Crippen molar-refractivity contribution >= 4 is 62.3 Å². The summed E-state index contributed by atoms with van der Waals surface area (Å²) in [5, 5.41) is 4.53. The number of H-pyrrole nitrogens is 1. The second-order valence-electron chi connectivity index (χ2n) is 6.93. The number of aromatic amines is 1. The summed E-state index contributed by atoms with van der Waals surface area (Å²) >= 11 is 4.42. The Labute approximate surface area is 205 Å². The Hall–Kier alpha value is -2.47. The van der Waals surface area contributed by atoms with Crippen molar-refractivity contribution in [3.05, 3.63) is 105 Å². The predicted octanol–water partition coefficient (Wildman–Crippen LogP) is 4.67. The first-order valence-corrected chi connectivity index (χ1v) is 11.5. The van der Waals surface area contributed by atoms with Gasteiger partial charge in [0.1, 0.15) is 12.4 Å². The molecule has 0 aliphatic heterocycles. The molecule has 3 aromatic carbocycles. The molecule has 156 valence electrons. The first-order valence-electron chi connectivity index (χ1n) is 9.38. The van der Waals surface area contributed by atoms with Crippen molar-refractivity contribution in [2.45, 2.75) is 13.5 Å². The summed E-state index contributed by atoms with van der Waals surface area (Å²) < 4.78 is 8.69. The van der Waals surface area contributed by atoms with Gasteiger partial charge >= 0.3 is 5.69 Å². The molecule has 0 spiro atoms. The van der Waals surface area contributed by atoms with E-state index < -0.39 is 11.2 Å². The molecule has 0 fully saturated rings. The smallest absolute Gasteiger partial charge is 0.349 e. The number of aryl methyl sites for hydroxylation is 1. The van der Waals surface area contributed by atoms with Crippen molar-refractivity contribution in [1.82, 2.24) is 9.66 Å². The van der Waals surface area contributed by atoms with Gasteiger partial charge in [0, 0.05) is 0 Å². The summed E-state index contributed by atoms with van der Waals surface area (Å²) in [7, 11) is 0. The molecule has 0 saturated heterocycles. The molecule has 0 bridgehead atoms. The zero-order chi connectivity index (χ0) is 22.0. The molecule has 1 heterocycles. The van der Waals surface area contributed by atoms with E-state index in [0.29, 0.717) is 17.5 Å². The number of hydrogen-bond donors (Lipinski definition) is 1. The zero-order valence-corrected chi connectivity index (χ0v) is 20.7. The van der Waals surface area contributed by atoms with Crippen molar-refractivity contribution < 1.29 is 4.74 Å².